The molecule has 0 unspecified atom stereocenters. The Morgan fingerprint density at radius 1 is 1.30 bits per heavy atom. The van der Waals surface area contributed by atoms with E-state index >= 15 is 0 Å². The van der Waals surface area contributed by atoms with Crippen molar-refractivity contribution in [1.82, 2.24) is 4.90 Å². The van der Waals surface area contributed by atoms with E-state index in [4.69, 9.17) is 5.73 Å². The number of nitrogens with one attached hydrogen (secondary N) is 1. The average Bonchev–Trinajstić information content (AvgIpc) is 2.32. The summed E-state index contributed by atoms with van der Waals surface area (Å²) in [5.41, 5.74) is 7.65. The molecule has 0 aromatic heterocycles. The highest BCUT2D eigenvalue weighted by Crippen LogP contribution is 2.17. The number of amides is 2. The van der Waals surface area contributed by atoms with Crippen LogP contribution < -0.4 is 11.1 Å². The van der Waals surface area contributed by atoms with E-state index in [9.17, 15) is 9.59 Å². The van der Waals surface area contributed by atoms with Crippen molar-refractivity contribution in [2.75, 3.05) is 18.9 Å². The first-order valence-corrected chi connectivity index (χ1v) is 6.53. The van der Waals surface area contributed by atoms with Gasteiger partial charge in [0.05, 0.1) is 12.1 Å². The Kier molecular flexibility index (Phi) is 4.89. The molecule has 0 aliphatic carbocycles. The Hall–Kier alpha value is -1.88. The molecular weight excluding hydrogens is 254 g/mol. The van der Waals surface area contributed by atoms with Crippen LogP contribution in [-0.4, -0.2) is 35.8 Å². The lowest BCUT2D eigenvalue weighted by Crippen LogP contribution is -2.51. The SMILES string of the molecule is Cc1cccc(NC(=O)CN(C)C(=O)C(C)(C)N)c1C. The van der Waals surface area contributed by atoms with Gasteiger partial charge in [0.2, 0.25) is 11.8 Å². The van der Waals surface area contributed by atoms with Crippen LogP contribution in [0, 0.1) is 13.8 Å². The summed E-state index contributed by atoms with van der Waals surface area (Å²) in [5.74, 6) is -0.507. The quantitative estimate of drug-likeness (QED) is 0.874. The monoisotopic (exact) mass is 277 g/mol. The van der Waals surface area contributed by atoms with Crippen molar-refractivity contribution in [2.24, 2.45) is 5.73 Å². The van der Waals surface area contributed by atoms with Gasteiger partial charge >= 0.3 is 0 Å². The van der Waals surface area contributed by atoms with E-state index < -0.39 is 5.54 Å². The largest absolute Gasteiger partial charge is 0.335 e. The molecule has 5 nitrogen and oxygen atoms in total. The smallest absolute Gasteiger partial charge is 0.243 e. The lowest BCUT2D eigenvalue weighted by molar-refractivity contribution is -0.137. The van der Waals surface area contributed by atoms with E-state index in [1.54, 1.807) is 20.9 Å². The number of anilines is 1. The van der Waals surface area contributed by atoms with Crippen LogP contribution >= 0.6 is 0 Å². The summed E-state index contributed by atoms with van der Waals surface area (Å²) in [6, 6.07) is 5.71. The molecule has 0 fully saturated rings. The zero-order valence-corrected chi connectivity index (χ0v) is 12.8. The molecule has 3 N–H and O–H groups in total. The maximum absolute atomic E-state index is 12.0. The highest BCUT2D eigenvalue weighted by atomic mass is 16.2. The van der Waals surface area contributed by atoms with Crippen LogP contribution in [0.3, 0.4) is 0 Å². The third-order valence-electron chi connectivity index (χ3n) is 3.16. The van der Waals surface area contributed by atoms with Gasteiger partial charge in [-0.3, -0.25) is 9.59 Å². The lowest BCUT2D eigenvalue weighted by atomic mass is 10.1. The van der Waals surface area contributed by atoms with E-state index in [0.717, 1.165) is 16.8 Å². The van der Waals surface area contributed by atoms with Crippen LogP contribution in [0.2, 0.25) is 0 Å². The number of nitrogens with zero attached hydrogens (tertiary/aromatic N) is 1. The summed E-state index contributed by atoms with van der Waals surface area (Å²) in [6.07, 6.45) is 0. The van der Waals surface area contributed by atoms with Gasteiger partial charge in [-0.15, -0.1) is 0 Å². The molecule has 5 heteroatoms. The molecule has 0 atom stereocenters. The van der Waals surface area contributed by atoms with Crippen molar-refractivity contribution in [3.63, 3.8) is 0 Å². The van der Waals surface area contributed by atoms with Crippen LogP contribution in [-0.2, 0) is 9.59 Å². The van der Waals surface area contributed by atoms with E-state index in [0.29, 0.717) is 0 Å². The van der Waals surface area contributed by atoms with Gasteiger partial charge in [-0.1, -0.05) is 12.1 Å². The predicted octanol–water partition coefficient (Wildman–Crippen LogP) is 1.44. The molecule has 1 aromatic rings. The minimum absolute atomic E-state index is 0.0210. The molecule has 0 saturated carbocycles. The minimum atomic E-state index is -0.978. The fourth-order valence-corrected chi connectivity index (χ4v) is 1.86. The van der Waals surface area contributed by atoms with E-state index in [-0.39, 0.29) is 18.4 Å². The van der Waals surface area contributed by atoms with Crippen molar-refractivity contribution in [1.29, 1.82) is 0 Å². The topological polar surface area (TPSA) is 75.4 Å². The molecule has 2 amide bonds. The molecule has 0 aliphatic heterocycles. The first-order chi connectivity index (χ1) is 9.12. The summed E-state index contributed by atoms with van der Waals surface area (Å²) in [6.45, 7) is 7.15. The van der Waals surface area contributed by atoms with Gasteiger partial charge in [0.1, 0.15) is 0 Å². The second-order valence-corrected chi connectivity index (χ2v) is 5.68. The Balaban J connectivity index is 2.69. The normalized spacial score (nSPS) is 11.1. The van der Waals surface area contributed by atoms with Gasteiger partial charge in [-0.2, -0.15) is 0 Å². The second kappa shape index (κ2) is 6.05. The summed E-state index contributed by atoms with van der Waals surface area (Å²) >= 11 is 0. The molecular formula is C15H23N3O2. The zero-order chi connectivity index (χ0) is 15.5. The number of nitrogens with two attached hydrogens (primary N) is 1. The molecule has 1 aromatic carbocycles. The van der Waals surface area contributed by atoms with Gasteiger partial charge in [0, 0.05) is 12.7 Å². The summed E-state index contributed by atoms with van der Waals surface area (Å²) in [5, 5.41) is 2.81. The second-order valence-electron chi connectivity index (χ2n) is 5.68. The maximum Gasteiger partial charge on any atom is 0.243 e. The third kappa shape index (κ3) is 4.06. The number of carbonyl (C=O) groups is 2. The Morgan fingerprint density at radius 2 is 1.90 bits per heavy atom. The van der Waals surface area contributed by atoms with Crippen molar-refractivity contribution in [3.8, 4) is 0 Å². The van der Waals surface area contributed by atoms with Gasteiger partial charge in [0.15, 0.2) is 0 Å². The Morgan fingerprint density at radius 3 is 2.45 bits per heavy atom. The Bertz CT molecular complexity index is 518. The number of likely N-dealkylation sites (N-methyl/N-ethyl adjacent to an activating group) is 1. The van der Waals surface area contributed by atoms with E-state index in [1.165, 1.54) is 4.90 Å². The number of hydrogen-bond donors (Lipinski definition) is 2. The molecule has 0 aliphatic rings. The van der Waals surface area contributed by atoms with Crippen molar-refractivity contribution < 1.29 is 9.59 Å². The van der Waals surface area contributed by atoms with Gasteiger partial charge < -0.3 is 16.0 Å². The van der Waals surface area contributed by atoms with Crippen LogP contribution in [0.4, 0.5) is 5.69 Å². The van der Waals surface area contributed by atoms with Gasteiger partial charge in [-0.25, -0.2) is 0 Å². The summed E-state index contributed by atoms with van der Waals surface area (Å²) in [4.78, 5) is 25.2. The summed E-state index contributed by atoms with van der Waals surface area (Å²) < 4.78 is 0. The molecule has 0 radical (unpaired) electrons. The lowest BCUT2D eigenvalue weighted by Gasteiger charge is -2.25. The van der Waals surface area contributed by atoms with Crippen LogP contribution in [0.25, 0.3) is 0 Å². The van der Waals surface area contributed by atoms with Crippen molar-refractivity contribution >= 4 is 17.5 Å². The average molecular weight is 277 g/mol. The summed E-state index contributed by atoms with van der Waals surface area (Å²) in [7, 11) is 1.57. The molecule has 1 rings (SSSR count). The Labute approximate surface area is 120 Å². The first kappa shape index (κ1) is 16.2. The highest BCUT2D eigenvalue weighted by molar-refractivity contribution is 5.96. The number of aryl methyl sites for hydroxylation is 1. The van der Waals surface area contributed by atoms with Crippen LogP contribution in [0.1, 0.15) is 25.0 Å². The zero-order valence-electron chi connectivity index (χ0n) is 12.8. The van der Waals surface area contributed by atoms with Gasteiger partial charge in [-0.05, 0) is 44.9 Å². The molecule has 0 bridgehead atoms. The minimum Gasteiger partial charge on any atom is -0.335 e. The van der Waals surface area contributed by atoms with Crippen molar-refractivity contribution in [3.05, 3.63) is 29.3 Å². The van der Waals surface area contributed by atoms with Crippen LogP contribution in [0.15, 0.2) is 18.2 Å². The predicted molar refractivity (Wildman–Crippen MR) is 80.4 cm³/mol. The first-order valence-electron chi connectivity index (χ1n) is 6.53. The number of hydrogen-bond acceptors (Lipinski definition) is 3. The fourth-order valence-electron chi connectivity index (χ4n) is 1.86. The third-order valence-corrected chi connectivity index (χ3v) is 3.16. The highest BCUT2D eigenvalue weighted by Gasteiger charge is 2.26. The van der Waals surface area contributed by atoms with Crippen LogP contribution in [0.5, 0.6) is 0 Å². The molecule has 20 heavy (non-hydrogen) atoms. The van der Waals surface area contributed by atoms with Crippen molar-refractivity contribution in [2.45, 2.75) is 33.2 Å². The van der Waals surface area contributed by atoms with Gasteiger partial charge in [0.25, 0.3) is 0 Å². The van der Waals surface area contributed by atoms with E-state index in [1.807, 2.05) is 32.0 Å². The number of carbonyl (C=O) groups excluding carboxylic acids is 2. The molecule has 0 heterocycles. The molecule has 0 saturated heterocycles. The van der Waals surface area contributed by atoms with E-state index in [2.05, 4.69) is 5.32 Å². The standard InChI is InChI=1S/C15H23N3O2/c1-10-7-6-8-12(11(10)2)17-13(19)9-18(5)14(20)15(3,4)16/h6-8H,9,16H2,1-5H3,(H,17,19). The number of rotatable bonds is 4. The fraction of sp³-hybridized carbons (Fsp3) is 0.467. The molecule has 0 spiro atoms. The number of benzene rings is 1. The molecule has 110 valence electrons. The maximum atomic E-state index is 12.0.